The van der Waals surface area contributed by atoms with Gasteiger partial charge in [0.15, 0.2) is 5.25 Å². The average molecular weight is 464 g/mol. The van der Waals surface area contributed by atoms with Gasteiger partial charge in [-0.05, 0) is 18.4 Å². The molecule has 3 atom stereocenters. The van der Waals surface area contributed by atoms with E-state index in [1.54, 1.807) is 6.07 Å². The molecule has 2 amide bonds. The van der Waals surface area contributed by atoms with Crippen molar-refractivity contribution in [3.05, 3.63) is 35.9 Å². The van der Waals surface area contributed by atoms with Crippen LogP contribution in [-0.4, -0.2) is 72.7 Å². The number of nitrogens with zero attached hydrogens (tertiary/aromatic N) is 2. The molecule has 10 nitrogen and oxygen atoms in total. The molecule has 172 valence electrons. The van der Waals surface area contributed by atoms with Gasteiger partial charge >= 0.3 is 18.0 Å². The normalized spacial score (nSPS) is 16.9. The van der Waals surface area contributed by atoms with Gasteiger partial charge in [-0.15, -0.1) is 11.8 Å². The monoisotopic (exact) mass is 463 g/mol. The minimum atomic E-state index is -1.15. The van der Waals surface area contributed by atoms with E-state index in [1.807, 2.05) is 30.3 Å². The molecule has 2 rings (SSSR count). The van der Waals surface area contributed by atoms with Crippen LogP contribution in [0.5, 0.6) is 0 Å². The van der Waals surface area contributed by atoms with E-state index in [-0.39, 0.29) is 12.4 Å². The second-order valence-electron chi connectivity index (χ2n) is 6.84. The summed E-state index contributed by atoms with van der Waals surface area (Å²) >= 11 is 0.847. The van der Waals surface area contributed by atoms with Gasteiger partial charge < -0.3 is 19.5 Å². The minimum Gasteiger partial charge on any atom is -0.467 e. The number of thioether (sulfide) groups is 1. The number of likely N-dealkylation sites (tertiary alicyclic amines) is 1. The molecular formula is C21H25N3O7S. The SMILES string of the molecule is COC(=O)C(C#N)SC[C@@H](NC(=O)[C@@H]1CCCN1C(=O)OCc1ccccc1)C(=O)OC. The molecule has 0 aliphatic carbocycles. The number of ether oxygens (including phenoxy) is 3. The second kappa shape index (κ2) is 12.6. The van der Waals surface area contributed by atoms with E-state index < -0.39 is 41.3 Å². The molecule has 1 fully saturated rings. The third-order valence-corrected chi connectivity index (χ3v) is 5.92. The molecule has 0 saturated carbocycles. The molecule has 1 aliphatic heterocycles. The van der Waals surface area contributed by atoms with Crippen LogP contribution < -0.4 is 5.32 Å². The Balaban J connectivity index is 1.98. The van der Waals surface area contributed by atoms with Gasteiger partial charge in [-0.1, -0.05) is 30.3 Å². The van der Waals surface area contributed by atoms with E-state index in [1.165, 1.54) is 4.90 Å². The Morgan fingerprint density at radius 1 is 1.19 bits per heavy atom. The van der Waals surface area contributed by atoms with Crippen LogP contribution in [0.1, 0.15) is 18.4 Å². The van der Waals surface area contributed by atoms with Gasteiger partial charge in [0.2, 0.25) is 5.91 Å². The van der Waals surface area contributed by atoms with Crippen LogP contribution in [0.4, 0.5) is 4.79 Å². The third kappa shape index (κ3) is 6.88. The first kappa shape index (κ1) is 25.0. The lowest BCUT2D eigenvalue weighted by Gasteiger charge is -2.25. The highest BCUT2D eigenvalue weighted by molar-refractivity contribution is 8.00. The van der Waals surface area contributed by atoms with Gasteiger partial charge in [-0.3, -0.25) is 9.69 Å². The molecular weight excluding hydrogens is 438 g/mol. The van der Waals surface area contributed by atoms with E-state index in [2.05, 4.69) is 10.1 Å². The van der Waals surface area contributed by atoms with E-state index in [0.29, 0.717) is 19.4 Å². The Bertz CT molecular complexity index is 859. The maximum Gasteiger partial charge on any atom is 0.410 e. The summed E-state index contributed by atoms with van der Waals surface area (Å²) < 4.78 is 14.6. The number of carbonyl (C=O) groups excluding carboxylic acids is 4. The fraction of sp³-hybridized carbons (Fsp3) is 0.476. The van der Waals surface area contributed by atoms with Crippen LogP contribution in [0.2, 0.25) is 0 Å². The first-order valence-corrected chi connectivity index (χ1v) is 10.9. The fourth-order valence-corrected chi connectivity index (χ4v) is 4.01. The van der Waals surface area contributed by atoms with Crippen molar-refractivity contribution in [3.8, 4) is 6.07 Å². The van der Waals surface area contributed by atoms with Crippen LogP contribution in [0.15, 0.2) is 30.3 Å². The first-order chi connectivity index (χ1) is 15.4. The number of carbonyl (C=O) groups is 4. The standard InChI is InChI=1S/C21H25N3O7S/c1-29-19(26)15(13-32-17(11-22)20(27)30-2)23-18(25)16-9-6-10-24(16)21(28)31-12-14-7-4-3-5-8-14/h3-5,7-8,15-17H,6,9-10,12-13H2,1-2H3,(H,23,25)/t15-,16+,17?/m1/s1. The lowest BCUT2D eigenvalue weighted by atomic mass is 10.2. The second-order valence-corrected chi connectivity index (χ2v) is 7.98. The molecule has 1 saturated heterocycles. The number of hydrogen-bond donors (Lipinski definition) is 1. The maximum absolute atomic E-state index is 12.8. The van der Waals surface area contributed by atoms with Crippen molar-refractivity contribution in [3.63, 3.8) is 0 Å². The Morgan fingerprint density at radius 2 is 1.88 bits per heavy atom. The summed E-state index contributed by atoms with van der Waals surface area (Å²) in [6, 6.07) is 9.02. The zero-order valence-corrected chi connectivity index (χ0v) is 18.6. The van der Waals surface area contributed by atoms with Crippen LogP contribution >= 0.6 is 11.8 Å². The van der Waals surface area contributed by atoms with Gasteiger partial charge in [0.25, 0.3) is 0 Å². The van der Waals surface area contributed by atoms with Crippen molar-refractivity contribution in [2.75, 3.05) is 26.5 Å². The summed E-state index contributed by atoms with van der Waals surface area (Å²) in [6.45, 7) is 0.428. The zero-order chi connectivity index (χ0) is 23.5. The van der Waals surface area contributed by atoms with Crippen LogP contribution in [0.3, 0.4) is 0 Å². The highest BCUT2D eigenvalue weighted by atomic mass is 32.2. The van der Waals surface area contributed by atoms with E-state index in [0.717, 1.165) is 31.5 Å². The van der Waals surface area contributed by atoms with Crippen LogP contribution in [0.25, 0.3) is 0 Å². The smallest absolute Gasteiger partial charge is 0.410 e. The molecule has 32 heavy (non-hydrogen) atoms. The summed E-state index contributed by atoms with van der Waals surface area (Å²) in [5.74, 6) is -2.11. The van der Waals surface area contributed by atoms with Crippen molar-refractivity contribution in [2.45, 2.75) is 36.8 Å². The molecule has 0 bridgehead atoms. The van der Waals surface area contributed by atoms with E-state index >= 15 is 0 Å². The Labute approximate surface area is 190 Å². The molecule has 1 heterocycles. The number of amides is 2. The Hall–Kier alpha value is -3.26. The van der Waals surface area contributed by atoms with Crippen LogP contribution in [0, 0.1) is 11.3 Å². The predicted molar refractivity (Wildman–Crippen MR) is 114 cm³/mol. The van der Waals surface area contributed by atoms with Gasteiger partial charge in [0, 0.05) is 12.3 Å². The van der Waals surface area contributed by atoms with Crippen molar-refractivity contribution in [1.29, 1.82) is 5.26 Å². The number of benzene rings is 1. The highest BCUT2D eigenvalue weighted by Gasteiger charge is 2.37. The van der Waals surface area contributed by atoms with Crippen molar-refractivity contribution in [2.24, 2.45) is 0 Å². The molecule has 1 aromatic rings. The quantitative estimate of drug-likeness (QED) is 0.424. The minimum absolute atomic E-state index is 0.0784. The lowest BCUT2D eigenvalue weighted by molar-refractivity contribution is -0.145. The topological polar surface area (TPSA) is 135 Å². The molecule has 1 unspecified atom stereocenters. The molecule has 0 aromatic heterocycles. The highest BCUT2D eigenvalue weighted by Crippen LogP contribution is 2.20. The summed E-state index contributed by atoms with van der Waals surface area (Å²) in [5, 5.41) is 10.5. The maximum atomic E-state index is 12.8. The number of rotatable bonds is 9. The van der Waals surface area contributed by atoms with Crippen molar-refractivity contribution >= 4 is 35.7 Å². The van der Waals surface area contributed by atoms with Crippen LogP contribution in [-0.2, 0) is 35.2 Å². The van der Waals surface area contributed by atoms with Gasteiger partial charge in [0.1, 0.15) is 18.7 Å². The van der Waals surface area contributed by atoms with E-state index in [9.17, 15) is 19.2 Å². The fourth-order valence-electron chi connectivity index (χ4n) is 3.10. The summed E-state index contributed by atoms with van der Waals surface area (Å²) in [5.41, 5.74) is 0.821. The zero-order valence-electron chi connectivity index (χ0n) is 17.8. The Kier molecular flexibility index (Phi) is 9.81. The van der Waals surface area contributed by atoms with Gasteiger partial charge in [-0.25, -0.2) is 14.4 Å². The van der Waals surface area contributed by atoms with Gasteiger partial charge in [0.05, 0.1) is 20.3 Å². The first-order valence-electron chi connectivity index (χ1n) is 9.85. The summed E-state index contributed by atoms with van der Waals surface area (Å²) in [7, 11) is 2.31. The molecule has 1 aromatic carbocycles. The number of nitrogens with one attached hydrogen (secondary N) is 1. The largest absolute Gasteiger partial charge is 0.467 e. The number of esters is 2. The Morgan fingerprint density at radius 3 is 2.50 bits per heavy atom. The van der Waals surface area contributed by atoms with Crippen molar-refractivity contribution < 1.29 is 33.4 Å². The van der Waals surface area contributed by atoms with Gasteiger partial charge in [-0.2, -0.15) is 5.26 Å². The predicted octanol–water partition coefficient (Wildman–Crippen LogP) is 1.24. The molecule has 0 spiro atoms. The number of hydrogen-bond acceptors (Lipinski definition) is 9. The summed E-state index contributed by atoms with van der Waals surface area (Å²) in [6.07, 6.45) is 0.399. The summed E-state index contributed by atoms with van der Waals surface area (Å²) in [4.78, 5) is 50.4. The van der Waals surface area contributed by atoms with E-state index in [4.69, 9.17) is 14.7 Å². The molecule has 1 N–H and O–H groups in total. The number of methoxy groups -OCH3 is 2. The third-order valence-electron chi connectivity index (χ3n) is 4.76. The molecule has 0 radical (unpaired) electrons. The molecule has 11 heteroatoms. The molecule has 1 aliphatic rings. The average Bonchev–Trinajstić information content (AvgIpc) is 3.32. The van der Waals surface area contributed by atoms with Crippen molar-refractivity contribution in [1.82, 2.24) is 10.2 Å². The number of nitriles is 1. The lowest BCUT2D eigenvalue weighted by Crippen LogP contribution is -2.52.